The van der Waals surface area contributed by atoms with E-state index in [2.05, 4.69) is 44.1 Å². The third-order valence-electron chi connectivity index (χ3n) is 5.41. The van der Waals surface area contributed by atoms with E-state index in [0.29, 0.717) is 5.56 Å². The fraction of sp³-hybridized carbons (Fsp3) is 0.409. The van der Waals surface area contributed by atoms with Crippen LogP contribution < -0.4 is 4.90 Å². The van der Waals surface area contributed by atoms with Crippen LogP contribution in [0.1, 0.15) is 28.8 Å². The van der Waals surface area contributed by atoms with E-state index in [1.54, 1.807) is 12.4 Å². The molecule has 0 unspecified atom stereocenters. The molecule has 146 valence electrons. The number of aromatic nitrogens is 2. The number of carbonyl (C=O) groups is 1. The summed E-state index contributed by atoms with van der Waals surface area (Å²) in [7, 11) is 0. The molecule has 2 saturated heterocycles. The van der Waals surface area contributed by atoms with E-state index < -0.39 is 0 Å². The Morgan fingerprint density at radius 2 is 1.61 bits per heavy atom. The summed E-state index contributed by atoms with van der Waals surface area (Å²) in [5, 5.41) is 0. The molecule has 0 N–H and O–H groups in total. The number of rotatable bonds is 5. The Labute approximate surface area is 166 Å². The molecule has 6 heteroatoms. The highest BCUT2D eigenvalue weighted by Crippen LogP contribution is 2.16. The van der Waals surface area contributed by atoms with Crippen molar-refractivity contribution in [2.24, 2.45) is 0 Å². The lowest BCUT2D eigenvalue weighted by molar-refractivity contribution is 0.0649. The van der Waals surface area contributed by atoms with E-state index in [1.807, 2.05) is 23.1 Å². The van der Waals surface area contributed by atoms with E-state index >= 15 is 0 Å². The number of benzene rings is 1. The summed E-state index contributed by atoms with van der Waals surface area (Å²) in [4.78, 5) is 28.0. The molecule has 0 spiro atoms. The number of nitrogens with zero attached hydrogens (tertiary/aromatic N) is 5. The quantitative estimate of drug-likeness (QED) is 0.802. The van der Waals surface area contributed by atoms with Crippen molar-refractivity contribution < 1.29 is 4.79 Å². The van der Waals surface area contributed by atoms with Crippen LogP contribution in [0.5, 0.6) is 0 Å². The lowest BCUT2D eigenvalue weighted by Crippen LogP contribution is -2.48. The molecule has 0 bridgehead atoms. The molecule has 1 aromatic heterocycles. The van der Waals surface area contributed by atoms with E-state index in [9.17, 15) is 4.79 Å². The molecule has 2 aromatic rings. The molecule has 2 fully saturated rings. The van der Waals surface area contributed by atoms with E-state index in [1.165, 1.54) is 18.4 Å². The molecule has 2 aliphatic rings. The SMILES string of the molecule is O=C(c1cnc(N2CCCC2)nc1)N1CCN(C/C=C/c2ccccc2)CC1. The highest BCUT2D eigenvalue weighted by atomic mass is 16.2. The Bertz CT molecular complexity index is 791. The van der Waals surface area contributed by atoms with Gasteiger partial charge in [-0.3, -0.25) is 9.69 Å². The zero-order chi connectivity index (χ0) is 19.2. The minimum absolute atomic E-state index is 0.0347. The fourth-order valence-corrected chi connectivity index (χ4v) is 3.73. The van der Waals surface area contributed by atoms with Crippen LogP contribution in [0, 0.1) is 0 Å². The average Bonchev–Trinajstić information content (AvgIpc) is 3.30. The average molecular weight is 377 g/mol. The molecule has 3 heterocycles. The summed E-state index contributed by atoms with van der Waals surface area (Å²) in [6, 6.07) is 10.3. The molecule has 0 aliphatic carbocycles. The largest absolute Gasteiger partial charge is 0.341 e. The van der Waals surface area contributed by atoms with E-state index in [-0.39, 0.29) is 5.91 Å². The van der Waals surface area contributed by atoms with Crippen molar-refractivity contribution in [3.05, 3.63) is 59.9 Å². The second kappa shape index (κ2) is 8.97. The summed E-state index contributed by atoms with van der Waals surface area (Å²) in [6.45, 7) is 6.18. The first-order chi connectivity index (χ1) is 13.8. The Morgan fingerprint density at radius 1 is 0.929 bits per heavy atom. The van der Waals surface area contributed by atoms with Crippen molar-refractivity contribution in [3.8, 4) is 0 Å². The minimum atomic E-state index is 0.0347. The number of carbonyl (C=O) groups excluding carboxylic acids is 1. The van der Waals surface area contributed by atoms with Gasteiger partial charge in [-0.15, -0.1) is 0 Å². The maximum atomic E-state index is 12.7. The Morgan fingerprint density at radius 3 is 2.29 bits per heavy atom. The molecule has 0 atom stereocenters. The maximum Gasteiger partial charge on any atom is 0.257 e. The third-order valence-corrected chi connectivity index (χ3v) is 5.41. The van der Waals surface area contributed by atoms with Crippen LogP contribution in [0.15, 0.2) is 48.8 Å². The van der Waals surface area contributed by atoms with Crippen molar-refractivity contribution in [1.82, 2.24) is 19.8 Å². The van der Waals surface area contributed by atoms with Gasteiger partial charge in [0.05, 0.1) is 5.56 Å². The lowest BCUT2D eigenvalue weighted by Gasteiger charge is -2.34. The molecule has 1 aromatic carbocycles. The summed E-state index contributed by atoms with van der Waals surface area (Å²) in [5.41, 5.74) is 1.80. The normalized spacial score (nSPS) is 18.1. The molecule has 1 amide bonds. The van der Waals surface area contributed by atoms with Gasteiger partial charge in [-0.25, -0.2) is 9.97 Å². The highest BCUT2D eigenvalue weighted by Gasteiger charge is 2.22. The summed E-state index contributed by atoms with van der Waals surface area (Å²) >= 11 is 0. The standard InChI is InChI=1S/C22H27N5O/c28-21(20-17-23-22(24-18-20)27-11-4-5-12-27)26-15-13-25(14-16-26)10-6-9-19-7-2-1-3-8-19/h1-3,6-9,17-18H,4-5,10-16H2/b9-6+. The van der Waals surface area contributed by atoms with Crippen LogP contribution in [0.25, 0.3) is 6.08 Å². The maximum absolute atomic E-state index is 12.7. The second-order valence-corrected chi connectivity index (χ2v) is 7.37. The zero-order valence-corrected chi connectivity index (χ0v) is 16.2. The van der Waals surface area contributed by atoms with Gasteiger partial charge in [-0.05, 0) is 18.4 Å². The Hall–Kier alpha value is -2.73. The van der Waals surface area contributed by atoms with Crippen molar-refractivity contribution in [1.29, 1.82) is 0 Å². The van der Waals surface area contributed by atoms with Crippen LogP contribution in [0.4, 0.5) is 5.95 Å². The molecular weight excluding hydrogens is 350 g/mol. The predicted molar refractivity (Wildman–Crippen MR) is 111 cm³/mol. The highest BCUT2D eigenvalue weighted by molar-refractivity contribution is 5.93. The van der Waals surface area contributed by atoms with Crippen molar-refractivity contribution in [2.45, 2.75) is 12.8 Å². The number of hydrogen-bond donors (Lipinski definition) is 0. The van der Waals surface area contributed by atoms with Gasteiger partial charge in [-0.2, -0.15) is 0 Å². The molecular formula is C22H27N5O. The summed E-state index contributed by atoms with van der Waals surface area (Å²) < 4.78 is 0. The zero-order valence-electron chi connectivity index (χ0n) is 16.2. The van der Waals surface area contributed by atoms with Crippen LogP contribution in [-0.4, -0.2) is 71.5 Å². The van der Waals surface area contributed by atoms with Gasteiger partial charge in [0.1, 0.15) is 0 Å². The number of anilines is 1. The first-order valence-electron chi connectivity index (χ1n) is 10.1. The van der Waals surface area contributed by atoms with Crippen molar-refractivity contribution in [2.75, 3.05) is 50.7 Å². The predicted octanol–water partition coefficient (Wildman–Crippen LogP) is 2.55. The lowest BCUT2D eigenvalue weighted by atomic mass is 10.2. The van der Waals surface area contributed by atoms with Crippen molar-refractivity contribution in [3.63, 3.8) is 0 Å². The number of hydrogen-bond acceptors (Lipinski definition) is 5. The van der Waals surface area contributed by atoms with Crippen LogP contribution in [0.2, 0.25) is 0 Å². The van der Waals surface area contributed by atoms with Gasteiger partial charge >= 0.3 is 0 Å². The minimum Gasteiger partial charge on any atom is -0.341 e. The Balaban J connectivity index is 1.26. The van der Waals surface area contributed by atoms with Gasteiger partial charge < -0.3 is 9.80 Å². The smallest absolute Gasteiger partial charge is 0.257 e. The number of piperazine rings is 1. The molecule has 6 nitrogen and oxygen atoms in total. The van der Waals surface area contributed by atoms with Crippen LogP contribution in [0.3, 0.4) is 0 Å². The van der Waals surface area contributed by atoms with Gasteiger partial charge in [0, 0.05) is 58.2 Å². The van der Waals surface area contributed by atoms with Crippen LogP contribution >= 0.6 is 0 Å². The Kier molecular flexibility index (Phi) is 5.97. The molecule has 2 aliphatic heterocycles. The fourth-order valence-electron chi connectivity index (χ4n) is 3.73. The monoisotopic (exact) mass is 377 g/mol. The summed E-state index contributed by atoms with van der Waals surface area (Å²) in [6.07, 6.45) is 10.1. The second-order valence-electron chi connectivity index (χ2n) is 7.37. The van der Waals surface area contributed by atoms with Gasteiger partial charge in [0.25, 0.3) is 5.91 Å². The molecule has 0 saturated carbocycles. The van der Waals surface area contributed by atoms with Gasteiger partial charge in [-0.1, -0.05) is 42.5 Å². The molecule has 0 radical (unpaired) electrons. The first kappa shape index (κ1) is 18.6. The summed E-state index contributed by atoms with van der Waals surface area (Å²) in [5.74, 6) is 0.775. The van der Waals surface area contributed by atoms with Gasteiger partial charge in [0.15, 0.2) is 0 Å². The van der Waals surface area contributed by atoms with Crippen LogP contribution in [-0.2, 0) is 0 Å². The van der Waals surface area contributed by atoms with Gasteiger partial charge in [0.2, 0.25) is 5.95 Å². The molecule has 4 rings (SSSR count). The first-order valence-corrected chi connectivity index (χ1v) is 10.1. The third kappa shape index (κ3) is 4.57. The number of amides is 1. The molecule has 28 heavy (non-hydrogen) atoms. The van der Waals surface area contributed by atoms with E-state index in [0.717, 1.165) is 51.8 Å². The topological polar surface area (TPSA) is 52.6 Å². The van der Waals surface area contributed by atoms with E-state index in [4.69, 9.17) is 0 Å². The van der Waals surface area contributed by atoms with Crippen molar-refractivity contribution >= 4 is 17.9 Å².